The van der Waals surface area contributed by atoms with Crippen LogP contribution < -0.4 is 5.32 Å². The van der Waals surface area contributed by atoms with E-state index < -0.39 is 11.8 Å². The van der Waals surface area contributed by atoms with Crippen LogP contribution in [-0.2, 0) is 22.6 Å². The monoisotopic (exact) mass is 531 g/mol. The van der Waals surface area contributed by atoms with Crippen LogP contribution >= 0.6 is 11.6 Å². The summed E-state index contributed by atoms with van der Waals surface area (Å²) < 4.78 is 38.4. The largest absolute Gasteiger partial charge is 0.464 e. The number of ether oxygens (including phenoxy) is 1. The van der Waals surface area contributed by atoms with E-state index in [1.807, 2.05) is 6.92 Å². The number of nitrogens with zero attached hydrogens (tertiary/aromatic N) is 2. The van der Waals surface area contributed by atoms with E-state index in [1.54, 1.807) is 29.2 Å². The third-order valence-corrected chi connectivity index (χ3v) is 6.30. The maximum absolute atomic E-state index is 13.6. The SMILES string of the molecule is Cc1ccc(CN(Cc2ccc(F)cc2)C(=O)CN(CC2CCCO2)C(=O)Nc2ccc(F)c(Cl)c2)o1. The van der Waals surface area contributed by atoms with Crippen LogP contribution in [0.2, 0.25) is 5.02 Å². The Bertz CT molecular complexity index is 1230. The minimum Gasteiger partial charge on any atom is -0.464 e. The number of aryl methyl sites for hydroxylation is 1. The van der Waals surface area contributed by atoms with Crippen LogP contribution in [0, 0.1) is 18.6 Å². The van der Waals surface area contributed by atoms with E-state index in [2.05, 4.69) is 5.32 Å². The molecule has 1 aliphatic heterocycles. The van der Waals surface area contributed by atoms with Crippen molar-refractivity contribution in [3.8, 4) is 0 Å². The summed E-state index contributed by atoms with van der Waals surface area (Å²) in [4.78, 5) is 29.7. The Labute approximate surface area is 218 Å². The van der Waals surface area contributed by atoms with E-state index in [0.29, 0.717) is 23.8 Å². The molecule has 0 radical (unpaired) electrons. The highest BCUT2D eigenvalue weighted by molar-refractivity contribution is 6.31. The average molecular weight is 532 g/mol. The number of halogens is 3. The van der Waals surface area contributed by atoms with Crippen molar-refractivity contribution < 1.29 is 27.5 Å². The van der Waals surface area contributed by atoms with E-state index in [0.717, 1.165) is 24.5 Å². The number of carbonyl (C=O) groups is 2. The summed E-state index contributed by atoms with van der Waals surface area (Å²) >= 11 is 5.85. The Balaban J connectivity index is 1.52. The van der Waals surface area contributed by atoms with E-state index in [-0.39, 0.29) is 49.0 Å². The van der Waals surface area contributed by atoms with Crippen LogP contribution in [0.1, 0.15) is 29.9 Å². The first-order chi connectivity index (χ1) is 17.8. The predicted octanol–water partition coefficient (Wildman–Crippen LogP) is 5.76. The van der Waals surface area contributed by atoms with Crippen LogP contribution in [0.5, 0.6) is 0 Å². The minimum atomic E-state index is -0.601. The van der Waals surface area contributed by atoms with Gasteiger partial charge in [-0.15, -0.1) is 0 Å². The van der Waals surface area contributed by atoms with Gasteiger partial charge < -0.3 is 24.3 Å². The third-order valence-electron chi connectivity index (χ3n) is 6.01. The van der Waals surface area contributed by atoms with Crippen molar-refractivity contribution in [3.63, 3.8) is 0 Å². The molecule has 3 amide bonds. The molecule has 0 aliphatic carbocycles. The Kier molecular flexibility index (Phi) is 8.78. The number of amides is 3. The number of benzene rings is 2. The molecule has 1 saturated heterocycles. The maximum Gasteiger partial charge on any atom is 0.322 e. The van der Waals surface area contributed by atoms with Crippen LogP contribution in [-0.4, -0.2) is 47.5 Å². The lowest BCUT2D eigenvalue weighted by molar-refractivity contribution is -0.133. The van der Waals surface area contributed by atoms with E-state index in [1.165, 1.54) is 29.2 Å². The second kappa shape index (κ2) is 12.2. The first-order valence-corrected chi connectivity index (χ1v) is 12.3. The van der Waals surface area contributed by atoms with Crippen LogP contribution in [0.3, 0.4) is 0 Å². The van der Waals surface area contributed by atoms with Crippen molar-refractivity contribution in [2.75, 3.05) is 25.0 Å². The van der Waals surface area contributed by atoms with Gasteiger partial charge in [0.15, 0.2) is 0 Å². The summed E-state index contributed by atoms with van der Waals surface area (Å²) in [5.41, 5.74) is 1.03. The number of rotatable bonds is 9. The van der Waals surface area contributed by atoms with E-state index >= 15 is 0 Å². The van der Waals surface area contributed by atoms with Gasteiger partial charge >= 0.3 is 6.03 Å². The van der Waals surface area contributed by atoms with Crippen LogP contribution in [0.15, 0.2) is 59.0 Å². The molecule has 10 heteroatoms. The van der Waals surface area contributed by atoms with Crippen LogP contribution in [0.25, 0.3) is 0 Å². The Morgan fingerprint density at radius 1 is 1.05 bits per heavy atom. The van der Waals surface area contributed by atoms with Gasteiger partial charge in [0.1, 0.15) is 29.7 Å². The Morgan fingerprint density at radius 2 is 1.84 bits per heavy atom. The number of hydrogen-bond donors (Lipinski definition) is 1. The Hall–Kier alpha value is -3.43. The molecule has 1 aliphatic rings. The molecule has 1 N–H and O–H groups in total. The van der Waals surface area contributed by atoms with E-state index in [9.17, 15) is 18.4 Å². The van der Waals surface area contributed by atoms with Crippen molar-refractivity contribution >= 4 is 29.2 Å². The number of hydrogen-bond acceptors (Lipinski definition) is 4. The first-order valence-electron chi connectivity index (χ1n) is 12.0. The second-order valence-corrected chi connectivity index (χ2v) is 9.37. The molecular weight excluding hydrogens is 504 g/mol. The van der Waals surface area contributed by atoms with Gasteiger partial charge in [-0.05, 0) is 67.8 Å². The van der Waals surface area contributed by atoms with Crippen molar-refractivity contribution in [2.45, 2.75) is 39.0 Å². The van der Waals surface area contributed by atoms with Gasteiger partial charge in [-0.25, -0.2) is 13.6 Å². The molecule has 1 fully saturated rings. The summed E-state index contributed by atoms with van der Waals surface area (Å²) in [5.74, 6) is -0.00604. The fourth-order valence-corrected chi connectivity index (χ4v) is 4.27. The molecule has 4 rings (SSSR count). The highest BCUT2D eigenvalue weighted by atomic mass is 35.5. The second-order valence-electron chi connectivity index (χ2n) is 8.96. The average Bonchev–Trinajstić information content (AvgIpc) is 3.53. The highest BCUT2D eigenvalue weighted by Crippen LogP contribution is 2.21. The van der Waals surface area contributed by atoms with Gasteiger partial charge in [0.05, 0.1) is 17.7 Å². The van der Waals surface area contributed by atoms with Gasteiger partial charge in [0.2, 0.25) is 5.91 Å². The van der Waals surface area contributed by atoms with Gasteiger partial charge in [0, 0.05) is 25.4 Å². The molecule has 2 heterocycles. The highest BCUT2D eigenvalue weighted by Gasteiger charge is 2.27. The Morgan fingerprint density at radius 3 is 2.49 bits per heavy atom. The quantitative estimate of drug-likeness (QED) is 0.381. The molecule has 1 aromatic heterocycles. The van der Waals surface area contributed by atoms with E-state index in [4.69, 9.17) is 20.8 Å². The number of carbonyl (C=O) groups excluding carboxylic acids is 2. The smallest absolute Gasteiger partial charge is 0.322 e. The standard InChI is InChI=1S/C27H28ClF2N3O4/c1-18-4-10-23(37-18)16-32(14-19-5-7-20(29)8-6-19)26(34)17-33(15-22-3-2-12-36-22)27(35)31-21-9-11-25(30)24(28)13-21/h4-11,13,22H,2-3,12,14-17H2,1H3,(H,31,35). The molecule has 0 spiro atoms. The summed E-state index contributed by atoms with van der Waals surface area (Å²) in [6.07, 6.45) is 1.44. The predicted molar refractivity (Wildman–Crippen MR) is 135 cm³/mol. The summed E-state index contributed by atoms with van der Waals surface area (Å²) in [7, 11) is 0. The zero-order valence-corrected chi connectivity index (χ0v) is 21.1. The lowest BCUT2D eigenvalue weighted by Crippen LogP contribution is -2.46. The zero-order chi connectivity index (χ0) is 26.4. The lowest BCUT2D eigenvalue weighted by Gasteiger charge is -2.29. The summed E-state index contributed by atoms with van der Waals surface area (Å²) in [6.45, 7) is 2.74. The summed E-state index contributed by atoms with van der Waals surface area (Å²) in [6, 6.07) is 12.8. The van der Waals surface area contributed by atoms with Crippen molar-refractivity contribution in [3.05, 3.63) is 88.3 Å². The fraction of sp³-hybridized carbons (Fsp3) is 0.333. The first kappa shape index (κ1) is 26.6. The summed E-state index contributed by atoms with van der Waals surface area (Å²) in [5, 5.41) is 2.56. The number of urea groups is 1. The van der Waals surface area contributed by atoms with Gasteiger partial charge in [-0.2, -0.15) is 0 Å². The molecule has 196 valence electrons. The molecule has 1 unspecified atom stereocenters. The molecular formula is C27H28ClF2N3O4. The molecule has 1 atom stereocenters. The lowest BCUT2D eigenvalue weighted by atomic mass is 10.2. The van der Waals surface area contributed by atoms with Gasteiger partial charge in [0.25, 0.3) is 0 Å². The molecule has 3 aromatic rings. The molecule has 0 bridgehead atoms. The van der Waals surface area contributed by atoms with Gasteiger partial charge in [-0.3, -0.25) is 4.79 Å². The van der Waals surface area contributed by atoms with Crippen molar-refractivity contribution in [2.24, 2.45) is 0 Å². The topological polar surface area (TPSA) is 75.0 Å². The number of furan rings is 1. The molecule has 7 nitrogen and oxygen atoms in total. The zero-order valence-electron chi connectivity index (χ0n) is 20.4. The normalized spacial score (nSPS) is 15.0. The molecule has 2 aromatic carbocycles. The minimum absolute atomic E-state index is 0.126. The molecule has 37 heavy (non-hydrogen) atoms. The maximum atomic E-state index is 13.6. The third kappa shape index (κ3) is 7.53. The van der Waals surface area contributed by atoms with Gasteiger partial charge in [-0.1, -0.05) is 23.7 Å². The number of nitrogens with one attached hydrogen (secondary N) is 1. The van der Waals surface area contributed by atoms with Crippen LogP contribution in [0.4, 0.5) is 19.3 Å². The fourth-order valence-electron chi connectivity index (χ4n) is 4.09. The van der Waals surface area contributed by atoms with Crippen molar-refractivity contribution in [1.29, 1.82) is 0 Å². The number of anilines is 1. The molecule has 0 saturated carbocycles. The van der Waals surface area contributed by atoms with Crippen molar-refractivity contribution in [1.82, 2.24) is 9.80 Å².